The van der Waals surface area contributed by atoms with Crippen molar-refractivity contribution < 1.29 is 14.6 Å². The number of carbonyl (C=O) groups excluding carboxylic acids is 1. The summed E-state index contributed by atoms with van der Waals surface area (Å²) in [4.78, 5) is 12.1. The largest absolute Gasteiger partial charge is 0.506 e. The molecule has 0 aliphatic heterocycles. The van der Waals surface area contributed by atoms with Gasteiger partial charge in [-0.1, -0.05) is 6.07 Å². The van der Waals surface area contributed by atoms with Crippen molar-refractivity contribution in [2.24, 2.45) is 0 Å². The van der Waals surface area contributed by atoms with Crippen LogP contribution in [0.2, 0.25) is 0 Å². The minimum atomic E-state index is -0.269. The molecule has 2 N–H and O–H groups in total. The molecule has 0 saturated heterocycles. The summed E-state index contributed by atoms with van der Waals surface area (Å²) in [6, 6.07) is 11.9. The molecule has 2 aromatic carbocycles. The van der Waals surface area contributed by atoms with Crippen molar-refractivity contribution in [3.8, 4) is 11.5 Å². The molecular weight excluding hydrogens is 254 g/mol. The van der Waals surface area contributed by atoms with E-state index in [2.05, 4.69) is 5.32 Å². The smallest absolute Gasteiger partial charge is 0.255 e. The van der Waals surface area contributed by atoms with E-state index in [-0.39, 0.29) is 11.7 Å². The zero-order valence-electron chi connectivity index (χ0n) is 11.5. The molecule has 4 nitrogen and oxygen atoms in total. The van der Waals surface area contributed by atoms with Crippen LogP contribution >= 0.6 is 0 Å². The molecule has 0 spiro atoms. The van der Waals surface area contributed by atoms with Gasteiger partial charge in [-0.25, -0.2) is 0 Å². The number of aromatic hydroxyl groups is 1. The zero-order chi connectivity index (χ0) is 14.5. The van der Waals surface area contributed by atoms with Gasteiger partial charge in [0.25, 0.3) is 5.91 Å². The van der Waals surface area contributed by atoms with E-state index in [1.54, 1.807) is 42.5 Å². The summed E-state index contributed by atoms with van der Waals surface area (Å²) in [5.74, 6) is 0.506. The van der Waals surface area contributed by atoms with E-state index in [4.69, 9.17) is 4.74 Å². The fraction of sp³-hybridized carbons (Fsp3) is 0.188. The molecule has 0 aromatic heterocycles. The summed E-state index contributed by atoms with van der Waals surface area (Å²) < 4.78 is 5.32. The Hall–Kier alpha value is -2.49. The normalized spacial score (nSPS) is 10.1. The average molecular weight is 271 g/mol. The first-order valence-corrected chi connectivity index (χ1v) is 6.44. The van der Waals surface area contributed by atoms with Gasteiger partial charge in [0.05, 0.1) is 12.3 Å². The molecule has 2 rings (SSSR count). The Kier molecular flexibility index (Phi) is 4.25. The van der Waals surface area contributed by atoms with Crippen molar-refractivity contribution in [1.82, 2.24) is 0 Å². The number of aryl methyl sites for hydroxylation is 1. The Morgan fingerprint density at radius 3 is 2.55 bits per heavy atom. The highest BCUT2D eigenvalue weighted by Crippen LogP contribution is 2.24. The van der Waals surface area contributed by atoms with Crippen molar-refractivity contribution >= 4 is 11.6 Å². The summed E-state index contributed by atoms with van der Waals surface area (Å²) in [6.07, 6.45) is 0. The molecule has 1 amide bonds. The summed E-state index contributed by atoms with van der Waals surface area (Å²) >= 11 is 0. The van der Waals surface area contributed by atoms with Crippen LogP contribution in [0.4, 0.5) is 5.69 Å². The van der Waals surface area contributed by atoms with Crippen molar-refractivity contribution in [1.29, 1.82) is 0 Å². The Bertz CT molecular complexity index is 606. The van der Waals surface area contributed by atoms with E-state index in [0.29, 0.717) is 17.9 Å². The Morgan fingerprint density at radius 1 is 1.20 bits per heavy atom. The third-order valence-corrected chi connectivity index (χ3v) is 2.83. The molecule has 0 heterocycles. The first kappa shape index (κ1) is 13.9. The summed E-state index contributed by atoms with van der Waals surface area (Å²) in [7, 11) is 0. The first-order valence-electron chi connectivity index (χ1n) is 6.44. The second-order valence-corrected chi connectivity index (χ2v) is 4.43. The first-order chi connectivity index (χ1) is 9.60. The Labute approximate surface area is 118 Å². The van der Waals surface area contributed by atoms with E-state index >= 15 is 0 Å². The van der Waals surface area contributed by atoms with Gasteiger partial charge in [-0.3, -0.25) is 4.79 Å². The predicted octanol–water partition coefficient (Wildman–Crippen LogP) is 3.35. The fourth-order valence-corrected chi connectivity index (χ4v) is 1.81. The molecule has 4 heteroatoms. The molecule has 0 saturated carbocycles. The molecule has 2 aromatic rings. The van der Waals surface area contributed by atoms with E-state index in [9.17, 15) is 9.90 Å². The second-order valence-electron chi connectivity index (χ2n) is 4.43. The van der Waals surface area contributed by atoms with Crippen molar-refractivity contribution in [3.63, 3.8) is 0 Å². The number of benzene rings is 2. The number of anilines is 1. The summed E-state index contributed by atoms with van der Waals surface area (Å²) in [6.45, 7) is 4.38. The minimum absolute atomic E-state index is 0.0508. The molecule has 0 bridgehead atoms. The van der Waals surface area contributed by atoms with Crippen LogP contribution < -0.4 is 10.1 Å². The van der Waals surface area contributed by atoms with Crippen LogP contribution in [-0.2, 0) is 0 Å². The van der Waals surface area contributed by atoms with Gasteiger partial charge in [-0.05, 0) is 55.8 Å². The van der Waals surface area contributed by atoms with Gasteiger partial charge in [-0.2, -0.15) is 0 Å². The molecule has 0 aliphatic carbocycles. The maximum absolute atomic E-state index is 12.1. The number of hydrogen-bond donors (Lipinski definition) is 2. The Balaban J connectivity index is 2.13. The van der Waals surface area contributed by atoms with Gasteiger partial charge < -0.3 is 15.2 Å². The van der Waals surface area contributed by atoms with Crippen LogP contribution in [0.5, 0.6) is 11.5 Å². The lowest BCUT2D eigenvalue weighted by molar-refractivity contribution is 0.102. The van der Waals surface area contributed by atoms with Gasteiger partial charge in [0.1, 0.15) is 11.5 Å². The number of ether oxygens (including phenoxy) is 1. The summed E-state index contributed by atoms with van der Waals surface area (Å²) in [5, 5.41) is 12.4. The third-order valence-electron chi connectivity index (χ3n) is 2.83. The number of phenols is 1. The van der Waals surface area contributed by atoms with Crippen LogP contribution in [-0.4, -0.2) is 17.6 Å². The predicted molar refractivity (Wildman–Crippen MR) is 78.4 cm³/mol. The molecule has 0 unspecified atom stereocenters. The van der Waals surface area contributed by atoms with Crippen LogP contribution in [0.15, 0.2) is 42.5 Å². The highest BCUT2D eigenvalue weighted by atomic mass is 16.5. The number of amides is 1. The zero-order valence-corrected chi connectivity index (χ0v) is 11.5. The molecule has 20 heavy (non-hydrogen) atoms. The Morgan fingerprint density at radius 2 is 1.90 bits per heavy atom. The number of hydrogen-bond acceptors (Lipinski definition) is 3. The lowest BCUT2D eigenvalue weighted by Gasteiger charge is -2.09. The van der Waals surface area contributed by atoms with Gasteiger partial charge in [0.15, 0.2) is 0 Å². The van der Waals surface area contributed by atoms with Crippen LogP contribution in [0, 0.1) is 6.92 Å². The van der Waals surface area contributed by atoms with Crippen LogP contribution in [0.1, 0.15) is 22.8 Å². The second kappa shape index (κ2) is 6.10. The minimum Gasteiger partial charge on any atom is -0.506 e. The van der Waals surface area contributed by atoms with Crippen LogP contribution in [0.3, 0.4) is 0 Å². The van der Waals surface area contributed by atoms with Crippen LogP contribution in [0.25, 0.3) is 0 Å². The van der Waals surface area contributed by atoms with Crippen molar-refractivity contribution in [2.45, 2.75) is 13.8 Å². The van der Waals surface area contributed by atoms with Crippen molar-refractivity contribution in [3.05, 3.63) is 53.6 Å². The number of nitrogens with one attached hydrogen (secondary N) is 1. The molecule has 0 atom stereocenters. The van der Waals surface area contributed by atoms with Gasteiger partial charge in [0.2, 0.25) is 0 Å². The van der Waals surface area contributed by atoms with Crippen molar-refractivity contribution in [2.75, 3.05) is 11.9 Å². The topological polar surface area (TPSA) is 58.6 Å². The summed E-state index contributed by atoms with van der Waals surface area (Å²) in [5.41, 5.74) is 1.88. The molecule has 0 aliphatic rings. The SMILES string of the molecule is CCOc1ccc(C(=O)Nc2cc(C)ccc2O)cc1. The number of rotatable bonds is 4. The average Bonchev–Trinajstić information content (AvgIpc) is 2.44. The standard InChI is InChI=1S/C16H17NO3/c1-3-20-13-7-5-12(6-8-13)16(19)17-14-10-11(2)4-9-15(14)18/h4-10,18H,3H2,1-2H3,(H,17,19). The molecular formula is C16H17NO3. The van der Waals surface area contributed by atoms with Gasteiger partial charge in [-0.15, -0.1) is 0 Å². The van der Waals surface area contributed by atoms with E-state index in [0.717, 1.165) is 11.3 Å². The molecule has 104 valence electrons. The maximum Gasteiger partial charge on any atom is 0.255 e. The number of carbonyl (C=O) groups is 1. The van der Waals surface area contributed by atoms with Gasteiger partial charge >= 0.3 is 0 Å². The third kappa shape index (κ3) is 3.29. The molecule has 0 radical (unpaired) electrons. The number of phenolic OH excluding ortho intramolecular Hbond substituents is 1. The molecule has 0 fully saturated rings. The van der Waals surface area contributed by atoms with E-state index in [1.165, 1.54) is 0 Å². The lowest BCUT2D eigenvalue weighted by Crippen LogP contribution is -2.12. The highest BCUT2D eigenvalue weighted by Gasteiger charge is 2.09. The van der Waals surface area contributed by atoms with E-state index < -0.39 is 0 Å². The van der Waals surface area contributed by atoms with Gasteiger partial charge in [0, 0.05) is 5.56 Å². The quantitative estimate of drug-likeness (QED) is 0.838. The monoisotopic (exact) mass is 271 g/mol. The van der Waals surface area contributed by atoms with E-state index in [1.807, 2.05) is 13.8 Å². The highest BCUT2D eigenvalue weighted by molar-refractivity contribution is 6.05. The lowest BCUT2D eigenvalue weighted by atomic mass is 10.1. The fourth-order valence-electron chi connectivity index (χ4n) is 1.81. The maximum atomic E-state index is 12.1.